The van der Waals surface area contributed by atoms with E-state index in [4.69, 9.17) is 0 Å². The molecule has 0 saturated heterocycles. The number of nitrogens with zero attached hydrogens (tertiary/aromatic N) is 3. The molecule has 28 heavy (non-hydrogen) atoms. The zero-order valence-corrected chi connectivity index (χ0v) is 15.9. The molecule has 0 aliphatic carbocycles. The van der Waals surface area contributed by atoms with Gasteiger partial charge < -0.3 is 9.88 Å². The fourth-order valence-corrected chi connectivity index (χ4v) is 3.54. The molecular formula is C22H23FN4O. The van der Waals surface area contributed by atoms with Gasteiger partial charge in [0.2, 0.25) is 5.91 Å². The van der Waals surface area contributed by atoms with E-state index in [-0.39, 0.29) is 18.0 Å². The lowest BCUT2D eigenvalue weighted by molar-refractivity contribution is -0.115. The number of aromatic nitrogens is 3. The van der Waals surface area contributed by atoms with Gasteiger partial charge in [-0.3, -0.25) is 4.79 Å². The summed E-state index contributed by atoms with van der Waals surface area (Å²) in [5.41, 5.74) is 2.95. The second-order valence-electron chi connectivity index (χ2n) is 7.31. The monoisotopic (exact) mass is 378 g/mol. The molecule has 144 valence electrons. The molecule has 2 aromatic carbocycles. The molecule has 5 nitrogen and oxygen atoms in total. The van der Waals surface area contributed by atoms with Gasteiger partial charge in [-0.25, -0.2) is 4.39 Å². The minimum absolute atomic E-state index is 0.167. The molecule has 1 aliphatic rings. The van der Waals surface area contributed by atoms with Crippen molar-refractivity contribution < 1.29 is 9.18 Å². The second-order valence-corrected chi connectivity index (χ2v) is 7.31. The van der Waals surface area contributed by atoms with Crippen molar-refractivity contribution in [2.75, 3.05) is 5.32 Å². The maximum absolute atomic E-state index is 14.3. The number of carbonyl (C=O) groups excluding carboxylic acids is 1. The number of benzene rings is 2. The third-order valence-corrected chi connectivity index (χ3v) is 5.09. The van der Waals surface area contributed by atoms with Crippen LogP contribution < -0.4 is 5.32 Å². The van der Waals surface area contributed by atoms with Gasteiger partial charge in [0.15, 0.2) is 5.82 Å². The molecule has 0 bridgehead atoms. The minimum Gasteiger partial charge on any atom is -0.323 e. The summed E-state index contributed by atoms with van der Waals surface area (Å²) in [6.07, 6.45) is 4.48. The molecule has 2 heterocycles. The molecule has 0 atom stereocenters. The summed E-state index contributed by atoms with van der Waals surface area (Å²) in [5, 5.41) is 11.3. The molecule has 0 saturated carbocycles. The number of hydrogen-bond donors (Lipinski definition) is 1. The Morgan fingerprint density at radius 3 is 2.75 bits per heavy atom. The summed E-state index contributed by atoms with van der Waals surface area (Å²) in [5.74, 6) is 0.990. The normalized spacial score (nSPS) is 13.6. The Morgan fingerprint density at radius 1 is 1.11 bits per heavy atom. The first-order chi connectivity index (χ1) is 13.6. The highest BCUT2D eigenvalue weighted by molar-refractivity contribution is 5.93. The molecule has 1 aromatic heterocycles. The highest BCUT2D eigenvalue weighted by Gasteiger charge is 2.17. The number of halogens is 1. The van der Waals surface area contributed by atoms with Crippen LogP contribution in [0.2, 0.25) is 0 Å². The number of hydrogen-bond acceptors (Lipinski definition) is 3. The van der Waals surface area contributed by atoms with Crippen molar-refractivity contribution in [1.29, 1.82) is 0 Å². The number of aryl methyl sites for hydroxylation is 2. The number of carbonyl (C=O) groups is 1. The first-order valence-electron chi connectivity index (χ1n) is 9.67. The minimum atomic E-state index is -0.461. The van der Waals surface area contributed by atoms with Crippen LogP contribution in [0, 0.1) is 12.7 Å². The number of amides is 1. The third-order valence-electron chi connectivity index (χ3n) is 5.09. The summed E-state index contributed by atoms with van der Waals surface area (Å²) in [4.78, 5) is 12.4. The van der Waals surface area contributed by atoms with E-state index in [1.807, 2.05) is 31.2 Å². The van der Waals surface area contributed by atoms with Crippen LogP contribution in [0.5, 0.6) is 0 Å². The molecule has 0 spiro atoms. The quantitative estimate of drug-likeness (QED) is 0.736. The van der Waals surface area contributed by atoms with Crippen molar-refractivity contribution >= 4 is 11.6 Å². The summed E-state index contributed by atoms with van der Waals surface area (Å²) < 4.78 is 16.4. The average Bonchev–Trinajstić information content (AvgIpc) is 2.93. The first kappa shape index (κ1) is 18.3. The van der Waals surface area contributed by atoms with E-state index in [1.54, 1.807) is 12.1 Å². The van der Waals surface area contributed by atoms with Crippen LogP contribution in [0.3, 0.4) is 0 Å². The van der Waals surface area contributed by atoms with E-state index in [1.165, 1.54) is 12.5 Å². The van der Waals surface area contributed by atoms with Crippen LogP contribution in [-0.4, -0.2) is 20.7 Å². The van der Waals surface area contributed by atoms with Crippen LogP contribution in [0.1, 0.15) is 36.2 Å². The highest BCUT2D eigenvalue weighted by atomic mass is 19.1. The largest absolute Gasteiger partial charge is 0.323 e. The van der Waals surface area contributed by atoms with E-state index in [0.717, 1.165) is 54.1 Å². The Bertz CT molecular complexity index is 994. The molecule has 4 rings (SSSR count). The fourth-order valence-electron chi connectivity index (χ4n) is 3.54. The zero-order chi connectivity index (χ0) is 19.5. The van der Waals surface area contributed by atoms with Gasteiger partial charge in [-0.05, 0) is 43.5 Å². The van der Waals surface area contributed by atoms with Gasteiger partial charge in [-0.15, -0.1) is 10.2 Å². The van der Waals surface area contributed by atoms with E-state index < -0.39 is 5.82 Å². The van der Waals surface area contributed by atoms with Crippen molar-refractivity contribution in [3.63, 3.8) is 0 Å². The maximum Gasteiger partial charge on any atom is 0.228 e. The lowest BCUT2D eigenvalue weighted by atomic mass is 10.1. The van der Waals surface area contributed by atoms with Gasteiger partial charge >= 0.3 is 0 Å². The number of fused-ring (bicyclic) bond motifs is 1. The molecule has 0 radical (unpaired) electrons. The van der Waals surface area contributed by atoms with Crippen molar-refractivity contribution in [2.24, 2.45) is 0 Å². The lowest BCUT2D eigenvalue weighted by Crippen LogP contribution is -2.15. The van der Waals surface area contributed by atoms with E-state index in [9.17, 15) is 9.18 Å². The van der Waals surface area contributed by atoms with Crippen molar-refractivity contribution in [3.05, 3.63) is 65.2 Å². The number of rotatable bonds is 4. The van der Waals surface area contributed by atoms with Crippen molar-refractivity contribution in [1.82, 2.24) is 14.8 Å². The van der Waals surface area contributed by atoms with Gasteiger partial charge in [0.25, 0.3) is 0 Å². The standard InChI is InChI=1S/C22H23FN4O/c1-15-6-8-16(9-7-15)13-21(28)24-19-14-17(10-11-18(19)23)22-26-25-20-5-3-2-4-12-27(20)22/h6-11,14H,2-5,12-13H2,1H3,(H,24,28). The van der Waals surface area contributed by atoms with Crippen LogP contribution >= 0.6 is 0 Å². The van der Waals surface area contributed by atoms with E-state index in [0.29, 0.717) is 0 Å². The first-order valence-corrected chi connectivity index (χ1v) is 9.67. The summed E-state index contributed by atoms with van der Waals surface area (Å²) in [7, 11) is 0. The average molecular weight is 378 g/mol. The Balaban J connectivity index is 1.55. The summed E-state index contributed by atoms with van der Waals surface area (Å²) >= 11 is 0. The SMILES string of the molecule is Cc1ccc(CC(=O)Nc2cc(-c3nnc4n3CCCCC4)ccc2F)cc1. The summed E-state index contributed by atoms with van der Waals surface area (Å²) in [6, 6.07) is 12.4. The second kappa shape index (κ2) is 7.92. The van der Waals surface area contributed by atoms with E-state index >= 15 is 0 Å². The Hall–Kier alpha value is -3.02. The van der Waals surface area contributed by atoms with Gasteiger partial charge in [0.05, 0.1) is 12.1 Å². The maximum atomic E-state index is 14.3. The predicted octanol–water partition coefficient (Wildman–Crippen LogP) is 4.30. The third kappa shape index (κ3) is 3.96. The van der Waals surface area contributed by atoms with Gasteiger partial charge in [-0.2, -0.15) is 0 Å². The predicted molar refractivity (Wildman–Crippen MR) is 106 cm³/mol. The molecular weight excluding hydrogens is 355 g/mol. The smallest absolute Gasteiger partial charge is 0.228 e. The highest BCUT2D eigenvalue weighted by Crippen LogP contribution is 2.26. The fraction of sp³-hybridized carbons (Fsp3) is 0.318. The molecule has 1 amide bonds. The van der Waals surface area contributed by atoms with E-state index in [2.05, 4.69) is 20.1 Å². The Labute approximate surface area is 163 Å². The molecule has 3 aromatic rings. The van der Waals surface area contributed by atoms with Crippen LogP contribution in [0.15, 0.2) is 42.5 Å². The Kier molecular flexibility index (Phi) is 5.19. The zero-order valence-electron chi connectivity index (χ0n) is 15.9. The molecule has 0 fully saturated rings. The van der Waals surface area contributed by atoms with Gasteiger partial charge in [0.1, 0.15) is 11.6 Å². The van der Waals surface area contributed by atoms with Crippen LogP contribution in [-0.2, 0) is 24.2 Å². The number of anilines is 1. The Morgan fingerprint density at radius 2 is 1.93 bits per heavy atom. The van der Waals surface area contributed by atoms with Gasteiger partial charge in [0, 0.05) is 18.5 Å². The van der Waals surface area contributed by atoms with Gasteiger partial charge in [-0.1, -0.05) is 36.2 Å². The molecule has 6 heteroatoms. The van der Waals surface area contributed by atoms with Crippen molar-refractivity contribution in [3.8, 4) is 11.4 Å². The molecule has 1 aliphatic heterocycles. The molecule has 1 N–H and O–H groups in total. The molecule has 0 unspecified atom stereocenters. The van der Waals surface area contributed by atoms with Crippen molar-refractivity contribution in [2.45, 2.75) is 45.6 Å². The lowest BCUT2D eigenvalue weighted by Gasteiger charge is -2.10. The number of nitrogens with one attached hydrogen (secondary N) is 1. The van der Waals surface area contributed by atoms with Crippen LogP contribution in [0.25, 0.3) is 11.4 Å². The summed E-state index contributed by atoms with van der Waals surface area (Å²) in [6.45, 7) is 2.86. The van der Waals surface area contributed by atoms with Crippen LogP contribution in [0.4, 0.5) is 10.1 Å². The topological polar surface area (TPSA) is 59.8 Å².